The summed E-state index contributed by atoms with van der Waals surface area (Å²) in [5, 5.41) is 12.4. The lowest BCUT2D eigenvalue weighted by atomic mass is 9.88. The molecule has 0 aromatic heterocycles. The van der Waals surface area contributed by atoms with Gasteiger partial charge in [0.15, 0.2) is 0 Å². The quantitative estimate of drug-likeness (QED) is 0.0536. The Hall–Kier alpha value is -4.96. The number of allylic oxidation sites excluding steroid dienone is 1. The average molecular weight is 733 g/mol. The minimum atomic E-state index is -0.255. The van der Waals surface area contributed by atoms with E-state index in [0.717, 1.165) is 60.3 Å². The Balaban J connectivity index is 0.811. The highest BCUT2D eigenvalue weighted by atomic mass is 16.5. The molecule has 9 heteroatoms. The van der Waals surface area contributed by atoms with Gasteiger partial charge in [0.25, 0.3) is 0 Å². The minimum absolute atomic E-state index is 0.185. The van der Waals surface area contributed by atoms with Gasteiger partial charge in [-0.1, -0.05) is 67.6 Å². The third-order valence-electron chi connectivity index (χ3n) is 9.88. The van der Waals surface area contributed by atoms with Crippen molar-refractivity contribution in [2.24, 2.45) is 0 Å². The van der Waals surface area contributed by atoms with Crippen molar-refractivity contribution in [2.75, 3.05) is 39.6 Å². The number of nitrogens with one attached hydrogen (secondary N) is 1. The van der Waals surface area contributed by atoms with Gasteiger partial charge in [-0.2, -0.15) is 0 Å². The lowest BCUT2D eigenvalue weighted by Crippen LogP contribution is -2.50. The van der Waals surface area contributed by atoms with Gasteiger partial charge in [-0.15, -0.1) is 0 Å². The van der Waals surface area contributed by atoms with E-state index in [1.54, 1.807) is 12.1 Å². The Morgan fingerprint density at radius 1 is 0.685 bits per heavy atom. The maximum Gasteiger partial charge on any atom is 0.243 e. The SMILES string of the molecule is CCC(=C(c1ccc(O)cc1)c1ccc(OCCCCOCCCOCCCOc2ccc3c(c2)CN(C2CCC(=O)NC2=O)C3)cc1)c1ccccc1. The van der Waals surface area contributed by atoms with Gasteiger partial charge in [-0.05, 0) is 107 Å². The predicted octanol–water partition coefficient (Wildman–Crippen LogP) is 7.93. The van der Waals surface area contributed by atoms with Crippen LogP contribution in [0.5, 0.6) is 17.2 Å². The molecule has 4 aromatic rings. The largest absolute Gasteiger partial charge is 0.508 e. The number of amides is 2. The number of hydrogen-bond acceptors (Lipinski definition) is 8. The summed E-state index contributed by atoms with van der Waals surface area (Å²) in [4.78, 5) is 25.9. The fourth-order valence-electron chi connectivity index (χ4n) is 7.08. The van der Waals surface area contributed by atoms with Crippen LogP contribution in [-0.2, 0) is 32.2 Å². The zero-order valence-electron chi connectivity index (χ0n) is 31.3. The fraction of sp³-hybridized carbons (Fsp3) is 0.378. The van der Waals surface area contributed by atoms with Crippen LogP contribution in [0.2, 0.25) is 0 Å². The summed E-state index contributed by atoms with van der Waals surface area (Å²) in [6, 6.07) is 32.0. The first kappa shape index (κ1) is 38.8. The van der Waals surface area contributed by atoms with Crippen LogP contribution in [0.4, 0.5) is 0 Å². The highest BCUT2D eigenvalue weighted by Crippen LogP contribution is 2.36. The Labute approximate surface area is 318 Å². The molecule has 0 bridgehead atoms. The third-order valence-corrected chi connectivity index (χ3v) is 9.88. The maximum atomic E-state index is 12.3. The van der Waals surface area contributed by atoms with Crippen LogP contribution in [0.3, 0.4) is 0 Å². The fourth-order valence-corrected chi connectivity index (χ4v) is 7.08. The molecule has 1 atom stereocenters. The number of nitrogens with zero attached hydrogens (tertiary/aromatic N) is 1. The molecule has 0 radical (unpaired) electrons. The standard InChI is InChI=1S/C45H52N2O7/c1-2-41(33-10-4-3-5-11-33)44(34-12-17-38(48)18-13-34)35-14-19-39(20-15-35)53-28-7-6-24-51-25-8-26-52-27-9-29-54-40-21-16-36-31-47(32-37(36)30-40)42-22-23-43(49)46-45(42)50/h3-5,10-21,30,42,48H,2,6-9,22-29,31-32H2,1H3,(H,46,49,50). The Bertz CT molecular complexity index is 1840. The maximum absolute atomic E-state index is 12.3. The first-order valence-corrected chi connectivity index (χ1v) is 19.3. The van der Waals surface area contributed by atoms with Crippen LogP contribution in [0.1, 0.15) is 79.7 Å². The molecule has 284 valence electrons. The molecular formula is C45H52N2O7. The van der Waals surface area contributed by atoms with Crippen LogP contribution in [-0.4, -0.2) is 67.5 Å². The lowest BCUT2D eigenvalue weighted by Gasteiger charge is -2.29. The number of ether oxygens (including phenoxy) is 4. The minimum Gasteiger partial charge on any atom is -0.508 e. The molecule has 0 saturated carbocycles. The second kappa shape index (κ2) is 19.9. The van der Waals surface area contributed by atoms with E-state index < -0.39 is 0 Å². The van der Waals surface area contributed by atoms with Crippen LogP contribution >= 0.6 is 0 Å². The summed E-state index contributed by atoms with van der Waals surface area (Å²) >= 11 is 0. The number of aromatic hydroxyl groups is 1. The summed E-state index contributed by atoms with van der Waals surface area (Å²) < 4.78 is 23.6. The van der Waals surface area contributed by atoms with Gasteiger partial charge in [0, 0.05) is 52.4 Å². The molecule has 2 heterocycles. The molecule has 2 aliphatic rings. The van der Waals surface area contributed by atoms with Crippen molar-refractivity contribution in [3.63, 3.8) is 0 Å². The Morgan fingerprint density at radius 3 is 1.98 bits per heavy atom. The van der Waals surface area contributed by atoms with Crippen LogP contribution < -0.4 is 14.8 Å². The first-order chi connectivity index (χ1) is 26.5. The molecule has 6 rings (SSSR count). The summed E-state index contributed by atoms with van der Waals surface area (Å²) in [5.74, 6) is 1.55. The van der Waals surface area contributed by atoms with E-state index in [4.69, 9.17) is 18.9 Å². The predicted molar refractivity (Wildman–Crippen MR) is 210 cm³/mol. The molecule has 0 aliphatic carbocycles. The molecule has 1 saturated heterocycles. The molecule has 2 aliphatic heterocycles. The number of benzene rings is 4. The van der Waals surface area contributed by atoms with Gasteiger partial charge in [0.2, 0.25) is 11.8 Å². The smallest absolute Gasteiger partial charge is 0.243 e. The summed E-state index contributed by atoms with van der Waals surface area (Å²) in [6.45, 7) is 7.43. The van der Waals surface area contributed by atoms with E-state index in [1.807, 2.05) is 36.4 Å². The van der Waals surface area contributed by atoms with E-state index in [1.165, 1.54) is 22.3 Å². The summed E-state index contributed by atoms with van der Waals surface area (Å²) in [7, 11) is 0. The van der Waals surface area contributed by atoms with E-state index >= 15 is 0 Å². The number of rotatable bonds is 20. The van der Waals surface area contributed by atoms with Gasteiger partial charge < -0.3 is 24.1 Å². The summed E-state index contributed by atoms with van der Waals surface area (Å²) in [5.41, 5.74) is 8.14. The molecule has 9 nitrogen and oxygen atoms in total. The van der Waals surface area contributed by atoms with Gasteiger partial charge >= 0.3 is 0 Å². The topological polar surface area (TPSA) is 107 Å². The highest BCUT2D eigenvalue weighted by Gasteiger charge is 2.34. The number of hydrogen-bond donors (Lipinski definition) is 2. The average Bonchev–Trinajstić information content (AvgIpc) is 3.61. The van der Waals surface area contributed by atoms with Gasteiger partial charge in [0.05, 0.1) is 19.3 Å². The van der Waals surface area contributed by atoms with Crippen molar-refractivity contribution in [1.29, 1.82) is 0 Å². The number of imide groups is 1. The van der Waals surface area contributed by atoms with Crippen LogP contribution in [0, 0.1) is 0 Å². The molecule has 0 spiro atoms. The number of phenols is 1. The number of carbonyl (C=O) groups excluding carboxylic acids is 2. The molecule has 2 amide bonds. The van der Waals surface area contributed by atoms with Crippen molar-refractivity contribution < 1.29 is 33.6 Å². The number of fused-ring (bicyclic) bond motifs is 1. The monoisotopic (exact) mass is 732 g/mol. The molecule has 2 N–H and O–H groups in total. The van der Waals surface area contributed by atoms with Crippen LogP contribution in [0.15, 0.2) is 97.1 Å². The van der Waals surface area contributed by atoms with Crippen molar-refractivity contribution in [1.82, 2.24) is 10.2 Å². The van der Waals surface area contributed by atoms with E-state index in [2.05, 4.69) is 65.7 Å². The molecule has 1 unspecified atom stereocenters. The van der Waals surface area contributed by atoms with E-state index in [-0.39, 0.29) is 23.6 Å². The number of unbranched alkanes of at least 4 members (excludes halogenated alkanes) is 1. The van der Waals surface area contributed by atoms with E-state index in [9.17, 15) is 14.7 Å². The first-order valence-electron chi connectivity index (χ1n) is 19.3. The normalized spacial score (nSPS) is 16.1. The van der Waals surface area contributed by atoms with Crippen molar-refractivity contribution in [2.45, 2.75) is 71.0 Å². The van der Waals surface area contributed by atoms with Gasteiger partial charge in [0.1, 0.15) is 17.2 Å². The van der Waals surface area contributed by atoms with Crippen molar-refractivity contribution in [3.05, 3.63) is 125 Å². The second-order valence-electron chi connectivity index (χ2n) is 13.8. The van der Waals surface area contributed by atoms with Crippen molar-refractivity contribution in [3.8, 4) is 17.2 Å². The van der Waals surface area contributed by atoms with E-state index in [0.29, 0.717) is 65.6 Å². The summed E-state index contributed by atoms with van der Waals surface area (Å²) in [6.07, 6.45) is 5.32. The Morgan fingerprint density at radius 2 is 1.28 bits per heavy atom. The number of piperidine rings is 1. The molecule has 1 fully saturated rings. The zero-order valence-corrected chi connectivity index (χ0v) is 31.3. The van der Waals surface area contributed by atoms with Gasteiger partial charge in [-0.3, -0.25) is 19.8 Å². The Kier molecular flexibility index (Phi) is 14.3. The lowest BCUT2D eigenvalue weighted by molar-refractivity contribution is -0.137. The van der Waals surface area contributed by atoms with Gasteiger partial charge in [-0.25, -0.2) is 0 Å². The zero-order chi connectivity index (χ0) is 37.5. The van der Waals surface area contributed by atoms with Crippen LogP contribution in [0.25, 0.3) is 11.1 Å². The molecule has 54 heavy (non-hydrogen) atoms. The molecule has 4 aromatic carbocycles. The van der Waals surface area contributed by atoms with Crippen molar-refractivity contribution >= 4 is 23.0 Å². The third kappa shape index (κ3) is 10.8. The highest BCUT2D eigenvalue weighted by molar-refractivity contribution is 6.00. The number of carbonyl (C=O) groups is 2. The number of phenolic OH excluding ortho intramolecular Hbond substituents is 1. The molecular weight excluding hydrogens is 681 g/mol. The second-order valence-corrected chi connectivity index (χ2v) is 13.8.